The molecule has 2 aromatic heterocycles. The molecule has 1 aliphatic rings. The average molecular weight is 603 g/mol. The largest absolute Gasteiger partial charge is 0.494 e. The van der Waals surface area contributed by atoms with Gasteiger partial charge in [-0.1, -0.05) is 53.8 Å². The Kier molecular flexibility index (Phi) is 8.01. The number of nitriles is 1. The number of allylic oxidation sites excluding steroid dienone is 1. The highest BCUT2D eigenvalue weighted by molar-refractivity contribution is 7.07. The van der Waals surface area contributed by atoms with Crippen LogP contribution >= 0.6 is 11.3 Å². The molecular formula is C35H30N4O4S. The molecule has 0 N–H and O–H groups in total. The minimum absolute atomic E-state index is 0.211. The number of thiazole rings is 1. The van der Waals surface area contributed by atoms with Crippen LogP contribution in [0.2, 0.25) is 0 Å². The monoisotopic (exact) mass is 602 g/mol. The first-order chi connectivity index (χ1) is 21.4. The second-order valence-corrected chi connectivity index (χ2v) is 11.4. The number of ether oxygens (including phenoxy) is 2. The van der Waals surface area contributed by atoms with E-state index in [9.17, 15) is 9.59 Å². The van der Waals surface area contributed by atoms with Crippen molar-refractivity contribution in [2.45, 2.75) is 33.4 Å². The van der Waals surface area contributed by atoms with Crippen LogP contribution < -0.4 is 19.6 Å². The molecule has 0 bridgehead atoms. The third-order valence-corrected chi connectivity index (χ3v) is 8.55. The number of hydrogen-bond acceptors (Lipinski definition) is 7. The molecule has 5 aromatic rings. The standard InChI is InChI=1S/C35H30N4O4S/c1-4-42-27-16-14-25(15-17-27)32-31(34(41)43-5-2)22(3)37-35-39(32)33(40)30(44-35)18-26-21-38(29-9-7-6-8-28(26)29)20-24-12-10-23(19-36)11-13-24/h6-18,21,32H,4-5,20H2,1-3H3/b30-18-/t32-/m1/s1. The molecule has 0 spiro atoms. The summed E-state index contributed by atoms with van der Waals surface area (Å²) in [4.78, 5) is 32.6. The lowest BCUT2D eigenvalue weighted by molar-refractivity contribution is -0.139. The first kappa shape index (κ1) is 28.9. The highest BCUT2D eigenvalue weighted by Crippen LogP contribution is 2.32. The van der Waals surface area contributed by atoms with Crippen molar-refractivity contribution >= 4 is 34.3 Å². The Labute approximate surface area is 258 Å². The van der Waals surface area contributed by atoms with E-state index in [0.29, 0.717) is 45.1 Å². The minimum atomic E-state index is -0.694. The van der Waals surface area contributed by atoms with Crippen molar-refractivity contribution in [1.82, 2.24) is 9.13 Å². The zero-order valence-corrected chi connectivity index (χ0v) is 25.4. The molecule has 1 aliphatic heterocycles. The van der Waals surface area contributed by atoms with Gasteiger partial charge in [0, 0.05) is 29.2 Å². The lowest BCUT2D eigenvalue weighted by Gasteiger charge is -2.24. The van der Waals surface area contributed by atoms with Crippen LogP contribution in [0, 0.1) is 11.3 Å². The summed E-state index contributed by atoms with van der Waals surface area (Å²) < 4.78 is 15.3. The van der Waals surface area contributed by atoms with E-state index in [0.717, 1.165) is 27.6 Å². The first-order valence-electron chi connectivity index (χ1n) is 14.4. The van der Waals surface area contributed by atoms with Gasteiger partial charge in [0.1, 0.15) is 5.75 Å². The van der Waals surface area contributed by atoms with Crippen molar-refractivity contribution in [2.24, 2.45) is 4.99 Å². The SMILES string of the molecule is CCOC(=O)C1=C(C)N=c2s/c(=C\c3cn(Cc4ccc(C#N)cc4)c4ccccc34)c(=O)n2[C@@H]1c1ccc(OCC)cc1. The summed E-state index contributed by atoms with van der Waals surface area (Å²) in [6.45, 7) is 6.81. The molecule has 6 rings (SSSR count). The van der Waals surface area contributed by atoms with Crippen LogP contribution in [0.5, 0.6) is 5.75 Å². The van der Waals surface area contributed by atoms with E-state index in [-0.39, 0.29) is 12.2 Å². The van der Waals surface area contributed by atoms with E-state index in [1.165, 1.54) is 11.3 Å². The molecule has 220 valence electrons. The van der Waals surface area contributed by atoms with Crippen LogP contribution in [0.4, 0.5) is 0 Å². The molecule has 0 fully saturated rings. The van der Waals surface area contributed by atoms with Gasteiger partial charge in [-0.05, 0) is 68.3 Å². The van der Waals surface area contributed by atoms with Gasteiger partial charge in [0.15, 0.2) is 4.80 Å². The number of carbonyl (C=O) groups is 1. The fourth-order valence-electron chi connectivity index (χ4n) is 5.56. The van der Waals surface area contributed by atoms with Crippen LogP contribution in [-0.2, 0) is 16.1 Å². The quantitative estimate of drug-likeness (QED) is 0.231. The predicted molar refractivity (Wildman–Crippen MR) is 170 cm³/mol. The molecule has 0 aliphatic carbocycles. The summed E-state index contributed by atoms with van der Waals surface area (Å²) in [5.41, 5.74) is 5.01. The number of benzene rings is 3. The maximum atomic E-state index is 14.1. The Balaban J connectivity index is 1.48. The second kappa shape index (κ2) is 12.2. The van der Waals surface area contributed by atoms with Crippen molar-refractivity contribution in [2.75, 3.05) is 13.2 Å². The Morgan fingerprint density at radius 2 is 1.80 bits per heavy atom. The van der Waals surface area contributed by atoms with Crippen LogP contribution in [0.1, 0.15) is 49.1 Å². The van der Waals surface area contributed by atoms with Crippen LogP contribution in [0.25, 0.3) is 17.0 Å². The fourth-order valence-corrected chi connectivity index (χ4v) is 6.60. The number of hydrogen-bond donors (Lipinski definition) is 0. The van der Waals surface area contributed by atoms with E-state index < -0.39 is 12.0 Å². The van der Waals surface area contributed by atoms with Crippen molar-refractivity contribution in [3.05, 3.63) is 132 Å². The normalized spacial score (nSPS) is 14.7. The molecule has 8 nitrogen and oxygen atoms in total. The zero-order valence-electron chi connectivity index (χ0n) is 24.6. The number of nitrogens with zero attached hydrogens (tertiary/aromatic N) is 4. The summed E-state index contributed by atoms with van der Waals surface area (Å²) in [5.74, 6) is 0.215. The van der Waals surface area contributed by atoms with Gasteiger partial charge in [0.2, 0.25) is 0 Å². The highest BCUT2D eigenvalue weighted by Gasteiger charge is 2.33. The van der Waals surface area contributed by atoms with E-state index in [2.05, 4.69) is 16.7 Å². The summed E-state index contributed by atoms with van der Waals surface area (Å²) in [6, 6.07) is 24.5. The number of esters is 1. The lowest BCUT2D eigenvalue weighted by Crippen LogP contribution is -2.39. The molecular weight excluding hydrogens is 572 g/mol. The third-order valence-electron chi connectivity index (χ3n) is 7.57. The molecule has 0 saturated carbocycles. The van der Waals surface area contributed by atoms with E-state index in [4.69, 9.17) is 19.7 Å². The molecule has 0 unspecified atom stereocenters. The summed E-state index contributed by atoms with van der Waals surface area (Å²) in [5, 5.41) is 10.2. The van der Waals surface area contributed by atoms with Crippen molar-refractivity contribution in [1.29, 1.82) is 5.26 Å². The maximum Gasteiger partial charge on any atom is 0.338 e. The summed E-state index contributed by atoms with van der Waals surface area (Å²) in [6.07, 6.45) is 3.94. The Morgan fingerprint density at radius 1 is 1.05 bits per heavy atom. The second-order valence-electron chi connectivity index (χ2n) is 10.3. The molecule has 0 amide bonds. The Hall–Kier alpha value is -5.20. The van der Waals surface area contributed by atoms with Gasteiger partial charge in [0.05, 0.1) is 46.7 Å². The van der Waals surface area contributed by atoms with E-state index >= 15 is 0 Å². The van der Waals surface area contributed by atoms with E-state index in [1.54, 1.807) is 18.4 Å². The van der Waals surface area contributed by atoms with Gasteiger partial charge in [-0.3, -0.25) is 9.36 Å². The molecule has 44 heavy (non-hydrogen) atoms. The lowest BCUT2D eigenvalue weighted by atomic mass is 9.96. The summed E-state index contributed by atoms with van der Waals surface area (Å²) >= 11 is 1.30. The fraction of sp³-hybridized carbons (Fsp3) is 0.200. The molecule has 9 heteroatoms. The van der Waals surface area contributed by atoms with Crippen molar-refractivity contribution < 1.29 is 14.3 Å². The number of fused-ring (bicyclic) bond motifs is 2. The number of rotatable bonds is 8. The van der Waals surface area contributed by atoms with Gasteiger partial charge in [-0.2, -0.15) is 5.26 Å². The third kappa shape index (κ3) is 5.36. The van der Waals surface area contributed by atoms with E-state index in [1.807, 2.05) is 85.9 Å². The number of aromatic nitrogens is 2. The predicted octanol–water partition coefficient (Wildman–Crippen LogP) is 5.07. The van der Waals surface area contributed by atoms with Gasteiger partial charge in [-0.15, -0.1) is 0 Å². The molecule has 0 radical (unpaired) electrons. The van der Waals surface area contributed by atoms with Crippen LogP contribution in [-0.4, -0.2) is 28.3 Å². The molecule has 0 saturated heterocycles. The molecule has 3 heterocycles. The van der Waals surface area contributed by atoms with Gasteiger partial charge >= 0.3 is 5.97 Å². The Morgan fingerprint density at radius 3 is 2.50 bits per heavy atom. The number of para-hydroxylation sites is 1. The highest BCUT2D eigenvalue weighted by atomic mass is 32.1. The van der Waals surface area contributed by atoms with Crippen LogP contribution in [0.15, 0.2) is 100 Å². The van der Waals surface area contributed by atoms with Crippen molar-refractivity contribution in [3.8, 4) is 11.8 Å². The molecule has 1 atom stereocenters. The minimum Gasteiger partial charge on any atom is -0.494 e. The van der Waals surface area contributed by atoms with Gasteiger partial charge in [0.25, 0.3) is 5.56 Å². The smallest absolute Gasteiger partial charge is 0.338 e. The van der Waals surface area contributed by atoms with Crippen molar-refractivity contribution in [3.63, 3.8) is 0 Å². The zero-order chi connectivity index (χ0) is 30.8. The van der Waals surface area contributed by atoms with Crippen LogP contribution in [0.3, 0.4) is 0 Å². The topological polar surface area (TPSA) is 98.6 Å². The maximum absolute atomic E-state index is 14.1. The van der Waals surface area contributed by atoms with Gasteiger partial charge < -0.3 is 14.0 Å². The molecule has 3 aromatic carbocycles. The number of carbonyl (C=O) groups excluding carboxylic acids is 1. The Bertz CT molecular complexity index is 2130. The first-order valence-corrected chi connectivity index (χ1v) is 15.2. The van der Waals surface area contributed by atoms with Gasteiger partial charge in [-0.25, -0.2) is 9.79 Å². The summed E-state index contributed by atoms with van der Waals surface area (Å²) in [7, 11) is 0. The average Bonchev–Trinajstić information content (AvgIpc) is 3.53.